The van der Waals surface area contributed by atoms with E-state index in [1.807, 2.05) is 43.3 Å². The van der Waals surface area contributed by atoms with Crippen LogP contribution in [0.25, 0.3) is 10.8 Å². The molecule has 0 fully saturated rings. The largest absolute Gasteiger partial charge is 0.497 e. The molecule has 2 N–H and O–H groups in total. The van der Waals surface area contributed by atoms with Gasteiger partial charge in [0.15, 0.2) is 0 Å². The minimum atomic E-state index is -0.334. The molecule has 5 heteroatoms. The lowest BCUT2D eigenvalue weighted by Crippen LogP contribution is -2.38. The van der Waals surface area contributed by atoms with Gasteiger partial charge in [0.25, 0.3) is 0 Å². The van der Waals surface area contributed by atoms with E-state index in [4.69, 9.17) is 10.6 Å². The van der Waals surface area contributed by atoms with E-state index in [9.17, 15) is 4.79 Å². The molecule has 1 amide bonds. The molecule has 2 aromatic rings. The van der Waals surface area contributed by atoms with E-state index in [0.29, 0.717) is 0 Å². The highest BCUT2D eigenvalue weighted by molar-refractivity contribution is 5.93. The summed E-state index contributed by atoms with van der Waals surface area (Å²) in [6, 6.07) is 11.7. The summed E-state index contributed by atoms with van der Waals surface area (Å²) in [5.74, 6) is 5.91. The number of carbonyl (C=O) groups excluding carboxylic acids is 1. The van der Waals surface area contributed by atoms with Crippen molar-refractivity contribution in [1.82, 2.24) is 5.01 Å². The van der Waals surface area contributed by atoms with Gasteiger partial charge in [-0.3, -0.25) is 9.79 Å². The second kappa shape index (κ2) is 6.37. The number of amides is 1. The van der Waals surface area contributed by atoms with Crippen molar-refractivity contribution in [1.29, 1.82) is 0 Å². The molecule has 2 rings (SSSR count). The first-order chi connectivity index (χ1) is 10.1. The summed E-state index contributed by atoms with van der Waals surface area (Å²) in [6.07, 6.45) is 1.31. The number of hydrogen-bond donors (Lipinski definition) is 1. The lowest BCUT2D eigenvalue weighted by atomic mass is 9.97. The molecule has 0 unspecified atom stereocenters. The van der Waals surface area contributed by atoms with E-state index in [1.54, 1.807) is 14.2 Å². The molecule has 5 nitrogen and oxygen atoms in total. The van der Waals surface area contributed by atoms with Crippen molar-refractivity contribution in [2.75, 3.05) is 14.2 Å². The number of hydrogen-bond acceptors (Lipinski definition) is 4. The molecule has 1 atom stereocenters. The highest BCUT2D eigenvalue weighted by atomic mass is 16.5. The van der Waals surface area contributed by atoms with Crippen LogP contribution in [0.2, 0.25) is 0 Å². The maximum atomic E-state index is 12.2. The standard InChI is InChI=1S/C16H19N3O2/c1-11(16(20)19(17)10-18-2)12-4-5-14-9-15(21-3)7-6-13(14)8-12/h4-11H,17H2,1-3H3/t11-/m0/s1. The maximum absolute atomic E-state index is 12.2. The quantitative estimate of drug-likeness (QED) is 0.308. The van der Waals surface area contributed by atoms with Gasteiger partial charge >= 0.3 is 0 Å². The number of benzene rings is 2. The molecule has 0 heterocycles. The van der Waals surface area contributed by atoms with E-state index < -0.39 is 0 Å². The van der Waals surface area contributed by atoms with E-state index in [1.165, 1.54) is 6.34 Å². The number of ether oxygens (including phenoxy) is 1. The molecular formula is C16H19N3O2. The fraction of sp³-hybridized carbons (Fsp3) is 0.250. The molecule has 0 aliphatic heterocycles. The van der Waals surface area contributed by atoms with E-state index in [0.717, 1.165) is 27.1 Å². The zero-order valence-electron chi connectivity index (χ0n) is 12.4. The molecule has 2 aromatic carbocycles. The predicted octanol–water partition coefficient (Wildman–Crippen LogP) is 2.31. The molecular weight excluding hydrogens is 266 g/mol. The van der Waals surface area contributed by atoms with Gasteiger partial charge in [0.05, 0.1) is 13.0 Å². The minimum Gasteiger partial charge on any atom is -0.497 e. The Labute approximate surface area is 124 Å². The Bertz CT molecular complexity index is 682. The van der Waals surface area contributed by atoms with Crippen LogP contribution in [0.5, 0.6) is 5.75 Å². The summed E-state index contributed by atoms with van der Waals surface area (Å²) in [7, 11) is 3.21. The van der Waals surface area contributed by atoms with Crippen LogP contribution in [0.1, 0.15) is 18.4 Å². The van der Waals surface area contributed by atoms with Crippen molar-refractivity contribution in [3.05, 3.63) is 42.0 Å². The zero-order valence-corrected chi connectivity index (χ0v) is 12.4. The Morgan fingerprint density at radius 2 is 1.95 bits per heavy atom. The van der Waals surface area contributed by atoms with Crippen molar-refractivity contribution in [3.63, 3.8) is 0 Å². The number of hydrazine groups is 1. The molecule has 110 valence electrons. The van der Waals surface area contributed by atoms with Crippen molar-refractivity contribution in [2.24, 2.45) is 10.8 Å². The topological polar surface area (TPSA) is 67.9 Å². The van der Waals surface area contributed by atoms with Gasteiger partial charge in [-0.15, -0.1) is 0 Å². The number of nitrogens with two attached hydrogens (primary N) is 1. The Hall–Kier alpha value is -2.40. The lowest BCUT2D eigenvalue weighted by Gasteiger charge is -2.17. The minimum absolute atomic E-state index is 0.200. The fourth-order valence-corrected chi connectivity index (χ4v) is 2.19. The molecule has 0 saturated carbocycles. The smallest absolute Gasteiger partial charge is 0.249 e. The average Bonchev–Trinajstić information content (AvgIpc) is 2.52. The molecule has 0 aliphatic carbocycles. The first-order valence-electron chi connectivity index (χ1n) is 6.64. The number of methoxy groups -OCH3 is 1. The third-order valence-electron chi connectivity index (χ3n) is 3.44. The highest BCUT2D eigenvalue weighted by Crippen LogP contribution is 2.25. The average molecular weight is 285 g/mol. The van der Waals surface area contributed by atoms with Gasteiger partial charge in [0.2, 0.25) is 5.91 Å². The van der Waals surface area contributed by atoms with Crippen LogP contribution in [0, 0.1) is 0 Å². The molecule has 0 radical (unpaired) electrons. The molecule has 0 spiro atoms. The van der Waals surface area contributed by atoms with E-state index in [2.05, 4.69) is 4.99 Å². The normalized spacial score (nSPS) is 12.6. The van der Waals surface area contributed by atoms with Gasteiger partial charge in [-0.1, -0.05) is 24.3 Å². The van der Waals surface area contributed by atoms with Crippen LogP contribution < -0.4 is 10.6 Å². The van der Waals surface area contributed by atoms with Gasteiger partial charge in [-0.25, -0.2) is 10.9 Å². The Morgan fingerprint density at radius 3 is 2.62 bits per heavy atom. The molecule has 0 saturated heterocycles. The maximum Gasteiger partial charge on any atom is 0.249 e. The SMILES string of the molecule is CN=CN(N)C(=O)[C@@H](C)c1ccc2cc(OC)ccc2c1. The van der Waals surface area contributed by atoms with E-state index >= 15 is 0 Å². The van der Waals surface area contributed by atoms with Crippen LogP contribution in [-0.2, 0) is 4.79 Å². The van der Waals surface area contributed by atoms with Crippen LogP contribution in [0.15, 0.2) is 41.4 Å². The van der Waals surface area contributed by atoms with Crippen molar-refractivity contribution >= 4 is 23.0 Å². The zero-order chi connectivity index (χ0) is 15.4. The first-order valence-corrected chi connectivity index (χ1v) is 6.64. The third kappa shape index (κ3) is 3.20. The molecule has 0 aliphatic rings. The highest BCUT2D eigenvalue weighted by Gasteiger charge is 2.19. The van der Waals surface area contributed by atoms with Crippen LogP contribution in [-0.4, -0.2) is 31.4 Å². The second-order valence-electron chi connectivity index (χ2n) is 4.81. The number of aliphatic imine (C=N–C) groups is 1. The summed E-state index contributed by atoms with van der Waals surface area (Å²) >= 11 is 0. The van der Waals surface area contributed by atoms with Gasteiger partial charge in [-0.2, -0.15) is 0 Å². The molecule has 0 bridgehead atoms. The summed E-state index contributed by atoms with van der Waals surface area (Å²) < 4.78 is 5.20. The summed E-state index contributed by atoms with van der Waals surface area (Å²) in [6.45, 7) is 1.83. The number of carbonyl (C=O) groups is 1. The summed E-state index contributed by atoms with van der Waals surface area (Å²) in [4.78, 5) is 15.9. The lowest BCUT2D eigenvalue weighted by molar-refractivity contribution is -0.128. The van der Waals surface area contributed by atoms with Crippen LogP contribution in [0.3, 0.4) is 0 Å². The van der Waals surface area contributed by atoms with Gasteiger partial charge < -0.3 is 4.74 Å². The van der Waals surface area contributed by atoms with Crippen molar-refractivity contribution in [3.8, 4) is 5.75 Å². The Balaban J connectivity index is 2.32. The number of fused-ring (bicyclic) bond motifs is 1. The Kier molecular flexibility index (Phi) is 4.55. The Morgan fingerprint density at radius 1 is 1.29 bits per heavy atom. The number of nitrogens with zero attached hydrogens (tertiary/aromatic N) is 2. The van der Waals surface area contributed by atoms with Crippen LogP contribution in [0.4, 0.5) is 0 Å². The third-order valence-corrected chi connectivity index (χ3v) is 3.44. The number of rotatable bonds is 4. The summed E-state index contributed by atoms with van der Waals surface area (Å²) in [5.41, 5.74) is 0.914. The van der Waals surface area contributed by atoms with E-state index in [-0.39, 0.29) is 11.8 Å². The molecule has 21 heavy (non-hydrogen) atoms. The van der Waals surface area contributed by atoms with Gasteiger partial charge in [0, 0.05) is 7.05 Å². The second-order valence-corrected chi connectivity index (χ2v) is 4.81. The monoisotopic (exact) mass is 285 g/mol. The summed E-state index contributed by atoms with van der Waals surface area (Å²) in [5, 5.41) is 3.14. The van der Waals surface area contributed by atoms with Crippen molar-refractivity contribution < 1.29 is 9.53 Å². The van der Waals surface area contributed by atoms with Gasteiger partial charge in [0.1, 0.15) is 12.1 Å². The van der Waals surface area contributed by atoms with Crippen LogP contribution >= 0.6 is 0 Å². The van der Waals surface area contributed by atoms with Crippen molar-refractivity contribution in [2.45, 2.75) is 12.8 Å². The predicted molar refractivity (Wildman–Crippen MR) is 84.4 cm³/mol. The molecule has 0 aromatic heterocycles. The van der Waals surface area contributed by atoms with Gasteiger partial charge in [-0.05, 0) is 35.4 Å². The first kappa shape index (κ1) is 15.0. The fourth-order valence-electron chi connectivity index (χ4n) is 2.19.